The molecule has 20 heavy (non-hydrogen) atoms. The van der Waals surface area contributed by atoms with Crippen molar-refractivity contribution in [1.82, 2.24) is 4.98 Å². The van der Waals surface area contributed by atoms with Crippen molar-refractivity contribution in [3.63, 3.8) is 0 Å². The highest BCUT2D eigenvalue weighted by Gasteiger charge is 2.32. The third-order valence-electron chi connectivity index (χ3n) is 2.26. The van der Waals surface area contributed by atoms with Crippen molar-refractivity contribution in [3.8, 4) is 6.07 Å². The van der Waals surface area contributed by atoms with E-state index < -0.39 is 22.0 Å². The van der Waals surface area contributed by atoms with Crippen LogP contribution >= 0.6 is 0 Å². The Hall–Kier alpha value is -1.66. The van der Waals surface area contributed by atoms with E-state index >= 15 is 0 Å². The van der Waals surface area contributed by atoms with Crippen molar-refractivity contribution in [2.45, 2.75) is 19.0 Å². The molecule has 0 N–H and O–H groups in total. The van der Waals surface area contributed by atoms with Crippen LogP contribution < -0.4 is 0 Å². The van der Waals surface area contributed by atoms with Crippen molar-refractivity contribution in [2.24, 2.45) is 0 Å². The topological polar surface area (TPSA) is 80.1 Å². The van der Waals surface area contributed by atoms with Crippen molar-refractivity contribution in [2.75, 3.05) is 12.9 Å². The van der Waals surface area contributed by atoms with Crippen molar-refractivity contribution < 1.29 is 25.8 Å². The van der Waals surface area contributed by atoms with Crippen molar-refractivity contribution >= 4 is 10.1 Å². The van der Waals surface area contributed by atoms with E-state index in [0.717, 1.165) is 18.4 Å². The summed E-state index contributed by atoms with van der Waals surface area (Å²) < 4.78 is 63.7. The molecule has 1 rings (SSSR count). The second kappa shape index (κ2) is 6.19. The Balaban J connectivity index is 2.98. The van der Waals surface area contributed by atoms with Crippen LogP contribution in [0.3, 0.4) is 0 Å². The van der Waals surface area contributed by atoms with Crippen LogP contribution in [0.5, 0.6) is 0 Å². The minimum Gasteiger partial charge on any atom is -0.270 e. The highest BCUT2D eigenvalue weighted by Crippen LogP contribution is 2.28. The van der Waals surface area contributed by atoms with Gasteiger partial charge in [0.1, 0.15) is 5.69 Å². The third kappa shape index (κ3) is 5.14. The summed E-state index contributed by atoms with van der Waals surface area (Å²) >= 11 is 0. The van der Waals surface area contributed by atoms with E-state index in [9.17, 15) is 21.6 Å². The second-order valence-corrected chi connectivity index (χ2v) is 5.56. The normalized spacial score (nSPS) is 12.2. The molecule has 0 spiro atoms. The minimum absolute atomic E-state index is 0.00465. The molecule has 0 radical (unpaired) electrons. The number of rotatable bonds is 5. The van der Waals surface area contributed by atoms with Gasteiger partial charge in [0.2, 0.25) is 0 Å². The van der Waals surface area contributed by atoms with Crippen LogP contribution in [0.15, 0.2) is 12.1 Å². The maximum Gasteiger partial charge on any atom is 0.433 e. The summed E-state index contributed by atoms with van der Waals surface area (Å²) in [5.74, 6) is 0. The summed E-state index contributed by atoms with van der Waals surface area (Å²) in [6.07, 6.45) is -4.01. The van der Waals surface area contributed by atoms with Gasteiger partial charge in [-0.25, -0.2) is 4.98 Å². The molecule has 9 heteroatoms. The summed E-state index contributed by atoms with van der Waals surface area (Å²) in [7, 11) is -3.67. The number of pyridine rings is 1. The van der Waals surface area contributed by atoms with Gasteiger partial charge in [0, 0.05) is 12.1 Å². The lowest BCUT2D eigenvalue weighted by molar-refractivity contribution is -0.141. The Kier molecular flexibility index (Phi) is 5.08. The lowest BCUT2D eigenvalue weighted by Gasteiger charge is -2.11. The lowest BCUT2D eigenvalue weighted by atomic mass is 10.1. The van der Waals surface area contributed by atoms with Gasteiger partial charge in [-0.15, -0.1) is 0 Å². The third-order valence-corrected chi connectivity index (χ3v) is 2.86. The molecule has 0 atom stereocenters. The number of hydrogen-bond donors (Lipinski definition) is 0. The molecular weight excluding hydrogens is 297 g/mol. The maximum atomic E-state index is 12.5. The zero-order valence-electron chi connectivity index (χ0n) is 10.4. The Morgan fingerprint density at radius 1 is 1.40 bits per heavy atom. The molecule has 0 bridgehead atoms. The molecule has 1 aromatic heterocycles. The molecule has 0 saturated heterocycles. The predicted octanol–water partition coefficient (Wildman–Crippen LogP) is 1.69. The van der Waals surface area contributed by atoms with Gasteiger partial charge >= 0.3 is 6.18 Å². The fourth-order valence-electron chi connectivity index (χ4n) is 1.44. The molecule has 0 fully saturated rings. The Morgan fingerprint density at radius 3 is 2.55 bits per heavy atom. The van der Waals surface area contributed by atoms with Crippen LogP contribution in [0.2, 0.25) is 0 Å². The molecule has 0 unspecified atom stereocenters. The summed E-state index contributed by atoms with van der Waals surface area (Å²) in [5.41, 5.74) is -0.767. The van der Waals surface area contributed by atoms with E-state index in [1.807, 2.05) is 6.07 Å². The summed E-state index contributed by atoms with van der Waals surface area (Å²) in [5, 5.41) is 8.60. The summed E-state index contributed by atoms with van der Waals surface area (Å²) in [4.78, 5) is 3.43. The van der Waals surface area contributed by atoms with Gasteiger partial charge < -0.3 is 0 Å². The summed E-state index contributed by atoms with van der Waals surface area (Å²) in [6.45, 7) is -0.328. The van der Waals surface area contributed by atoms with Gasteiger partial charge in [0.05, 0.1) is 25.4 Å². The van der Waals surface area contributed by atoms with Crippen LogP contribution in [0.1, 0.15) is 17.0 Å². The molecule has 0 aliphatic rings. The quantitative estimate of drug-likeness (QED) is 0.773. The highest BCUT2D eigenvalue weighted by molar-refractivity contribution is 7.85. The number of hydrogen-bond acceptors (Lipinski definition) is 5. The van der Waals surface area contributed by atoms with E-state index in [1.54, 1.807) is 0 Å². The molecule has 0 saturated carbocycles. The predicted molar refractivity (Wildman–Crippen MR) is 63.1 cm³/mol. The van der Waals surface area contributed by atoms with Gasteiger partial charge in [0.15, 0.2) is 0 Å². The van der Waals surface area contributed by atoms with Crippen LogP contribution in [-0.4, -0.2) is 26.3 Å². The lowest BCUT2D eigenvalue weighted by Crippen LogP contribution is -2.13. The standard InChI is InChI=1S/C11H11F3N2O3S/c1-20(17,18)19-7-5-9-8(4-6-15)2-3-10(16-9)11(12,13)14/h2-3H,4-5,7H2,1H3. The highest BCUT2D eigenvalue weighted by atomic mass is 32.2. The van der Waals surface area contributed by atoms with Gasteiger partial charge in [-0.2, -0.15) is 26.9 Å². The maximum absolute atomic E-state index is 12.5. The van der Waals surface area contributed by atoms with Gasteiger partial charge in [-0.05, 0) is 11.6 Å². The molecule has 0 amide bonds. The largest absolute Gasteiger partial charge is 0.433 e. The molecule has 0 aromatic carbocycles. The smallest absolute Gasteiger partial charge is 0.270 e. The molecule has 0 aliphatic heterocycles. The average molecular weight is 308 g/mol. The molecule has 5 nitrogen and oxygen atoms in total. The van der Waals surface area contributed by atoms with Crippen LogP contribution in [0, 0.1) is 11.3 Å². The second-order valence-electron chi connectivity index (χ2n) is 3.91. The van der Waals surface area contributed by atoms with Crippen LogP contribution in [0.4, 0.5) is 13.2 Å². The van der Waals surface area contributed by atoms with E-state index in [2.05, 4.69) is 9.17 Å². The first-order valence-corrected chi connectivity index (χ1v) is 7.22. The van der Waals surface area contributed by atoms with E-state index in [-0.39, 0.29) is 25.1 Å². The van der Waals surface area contributed by atoms with E-state index in [1.165, 1.54) is 0 Å². The van der Waals surface area contributed by atoms with Crippen molar-refractivity contribution in [3.05, 3.63) is 29.1 Å². The van der Waals surface area contributed by atoms with Crippen LogP contribution in [-0.2, 0) is 33.3 Å². The molecule has 1 heterocycles. The van der Waals surface area contributed by atoms with Crippen LogP contribution in [0.25, 0.3) is 0 Å². The Labute approximate surface area is 114 Å². The number of nitrogens with zero attached hydrogens (tertiary/aromatic N) is 2. The molecular formula is C11H11F3N2O3S. The number of halogens is 3. The van der Waals surface area contributed by atoms with E-state index in [4.69, 9.17) is 5.26 Å². The zero-order chi connectivity index (χ0) is 15.4. The van der Waals surface area contributed by atoms with Gasteiger partial charge in [0.25, 0.3) is 10.1 Å². The molecule has 110 valence electrons. The molecule has 1 aromatic rings. The summed E-state index contributed by atoms with van der Waals surface area (Å²) in [6, 6.07) is 3.76. The van der Waals surface area contributed by atoms with Gasteiger partial charge in [-0.1, -0.05) is 6.07 Å². The first-order valence-electron chi connectivity index (χ1n) is 5.41. The fourth-order valence-corrected chi connectivity index (χ4v) is 1.83. The SMILES string of the molecule is CS(=O)(=O)OCCc1nc(C(F)(F)F)ccc1CC#N. The Bertz CT molecular complexity index is 621. The van der Waals surface area contributed by atoms with Crippen molar-refractivity contribution in [1.29, 1.82) is 5.26 Å². The number of alkyl halides is 3. The number of aromatic nitrogens is 1. The zero-order valence-corrected chi connectivity index (χ0v) is 11.3. The minimum atomic E-state index is -4.60. The van der Waals surface area contributed by atoms with Gasteiger partial charge in [-0.3, -0.25) is 4.18 Å². The molecule has 0 aliphatic carbocycles. The monoisotopic (exact) mass is 308 g/mol. The first-order chi connectivity index (χ1) is 9.13. The Morgan fingerprint density at radius 2 is 2.05 bits per heavy atom. The average Bonchev–Trinajstić information content (AvgIpc) is 2.28. The van der Waals surface area contributed by atoms with E-state index in [0.29, 0.717) is 5.56 Å². The first kappa shape index (κ1) is 16.4. The number of nitriles is 1. The fraction of sp³-hybridized carbons (Fsp3) is 0.455.